The molecule has 3 rings (SSSR count). The molecule has 0 aliphatic carbocycles. The minimum atomic E-state index is 0.0415. The van der Waals surface area contributed by atoms with Crippen LogP contribution in [-0.4, -0.2) is 28.7 Å². The molecule has 3 heterocycles. The molecular formula is C12H16N4OS. The quantitative estimate of drug-likeness (QED) is 0.832. The second-order valence-electron chi connectivity index (χ2n) is 4.74. The first-order chi connectivity index (χ1) is 8.66. The molecule has 1 fully saturated rings. The lowest BCUT2D eigenvalue weighted by Gasteiger charge is -2.31. The van der Waals surface area contributed by atoms with E-state index in [4.69, 9.17) is 5.73 Å². The molecule has 96 valence electrons. The Balaban J connectivity index is 2.06. The highest BCUT2D eigenvalue weighted by molar-refractivity contribution is 7.17. The first-order valence-electron chi connectivity index (χ1n) is 6.11. The molecule has 1 saturated heterocycles. The van der Waals surface area contributed by atoms with Crippen LogP contribution in [0.2, 0.25) is 0 Å². The van der Waals surface area contributed by atoms with Crippen molar-refractivity contribution in [1.82, 2.24) is 9.55 Å². The monoisotopic (exact) mass is 264 g/mol. The molecule has 18 heavy (non-hydrogen) atoms. The SMILES string of the molecule is Cn1c(N2CCC(N)CC2)nc2ccsc2c1=O. The van der Waals surface area contributed by atoms with Crippen LogP contribution in [0.15, 0.2) is 16.2 Å². The first-order valence-corrected chi connectivity index (χ1v) is 6.99. The Kier molecular flexibility index (Phi) is 2.83. The summed E-state index contributed by atoms with van der Waals surface area (Å²) in [6.07, 6.45) is 1.91. The van der Waals surface area contributed by atoms with Crippen molar-refractivity contribution in [2.45, 2.75) is 18.9 Å². The summed E-state index contributed by atoms with van der Waals surface area (Å²) in [7, 11) is 1.79. The number of nitrogens with two attached hydrogens (primary N) is 1. The van der Waals surface area contributed by atoms with Crippen LogP contribution in [0.5, 0.6) is 0 Å². The number of thiophene rings is 1. The summed E-state index contributed by atoms with van der Waals surface area (Å²) in [6, 6.07) is 2.18. The maximum Gasteiger partial charge on any atom is 0.272 e. The molecule has 0 saturated carbocycles. The highest BCUT2D eigenvalue weighted by atomic mass is 32.1. The van der Waals surface area contributed by atoms with E-state index in [-0.39, 0.29) is 11.6 Å². The molecule has 0 spiro atoms. The summed E-state index contributed by atoms with van der Waals surface area (Å²) in [5, 5.41) is 1.91. The van der Waals surface area contributed by atoms with Crippen molar-refractivity contribution >= 4 is 27.5 Å². The van der Waals surface area contributed by atoms with Crippen LogP contribution >= 0.6 is 11.3 Å². The van der Waals surface area contributed by atoms with E-state index in [1.807, 2.05) is 11.4 Å². The summed E-state index contributed by atoms with van der Waals surface area (Å²) in [4.78, 5) is 19.0. The summed E-state index contributed by atoms with van der Waals surface area (Å²) in [5.41, 5.74) is 6.74. The molecule has 0 amide bonds. The molecular weight excluding hydrogens is 248 g/mol. The van der Waals surface area contributed by atoms with Gasteiger partial charge in [-0.05, 0) is 24.3 Å². The van der Waals surface area contributed by atoms with Crippen LogP contribution in [0.4, 0.5) is 5.95 Å². The van der Waals surface area contributed by atoms with Gasteiger partial charge in [0.1, 0.15) is 4.70 Å². The molecule has 1 aliphatic rings. The number of nitrogens with zero attached hydrogens (tertiary/aromatic N) is 3. The van der Waals surface area contributed by atoms with Crippen molar-refractivity contribution in [2.24, 2.45) is 12.8 Å². The fraction of sp³-hybridized carbons (Fsp3) is 0.500. The van der Waals surface area contributed by atoms with Crippen molar-refractivity contribution in [3.63, 3.8) is 0 Å². The third-order valence-corrected chi connectivity index (χ3v) is 4.38. The number of hydrogen-bond acceptors (Lipinski definition) is 5. The standard InChI is InChI=1S/C12H16N4OS/c1-15-11(17)10-9(4-7-18-10)14-12(15)16-5-2-8(13)3-6-16/h4,7-8H,2-3,5-6,13H2,1H3. The molecule has 0 aromatic carbocycles. The molecule has 1 aliphatic heterocycles. The Morgan fingerprint density at radius 2 is 2.17 bits per heavy atom. The zero-order valence-electron chi connectivity index (χ0n) is 10.3. The van der Waals surface area contributed by atoms with Crippen molar-refractivity contribution in [1.29, 1.82) is 0 Å². The number of piperidine rings is 1. The van der Waals surface area contributed by atoms with Gasteiger partial charge in [-0.25, -0.2) is 4.98 Å². The van der Waals surface area contributed by atoms with Gasteiger partial charge in [0.25, 0.3) is 5.56 Å². The number of hydrogen-bond donors (Lipinski definition) is 1. The van der Waals surface area contributed by atoms with Gasteiger partial charge in [-0.1, -0.05) is 0 Å². The molecule has 6 heteroatoms. The predicted molar refractivity (Wildman–Crippen MR) is 74.3 cm³/mol. The van der Waals surface area contributed by atoms with Gasteiger partial charge in [-0.3, -0.25) is 9.36 Å². The van der Waals surface area contributed by atoms with Crippen molar-refractivity contribution in [2.75, 3.05) is 18.0 Å². The molecule has 0 bridgehead atoms. The number of rotatable bonds is 1. The minimum absolute atomic E-state index is 0.0415. The first kappa shape index (κ1) is 11.7. The maximum absolute atomic E-state index is 12.2. The Morgan fingerprint density at radius 3 is 2.89 bits per heavy atom. The summed E-state index contributed by atoms with van der Waals surface area (Å²) in [6.45, 7) is 1.74. The molecule has 5 nitrogen and oxygen atoms in total. The van der Waals surface area contributed by atoms with Crippen LogP contribution in [0.25, 0.3) is 10.2 Å². The van der Waals surface area contributed by atoms with E-state index in [2.05, 4.69) is 9.88 Å². The fourth-order valence-electron chi connectivity index (χ4n) is 2.36. The molecule has 2 aromatic rings. The molecule has 0 radical (unpaired) electrons. The molecule has 0 unspecified atom stereocenters. The van der Waals surface area contributed by atoms with Gasteiger partial charge in [0, 0.05) is 26.2 Å². The lowest BCUT2D eigenvalue weighted by Crippen LogP contribution is -2.42. The van der Waals surface area contributed by atoms with Gasteiger partial charge in [-0.15, -0.1) is 11.3 Å². The minimum Gasteiger partial charge on any atom is -0.342 e. The topological polar surface area (TPSA) is 64.2 Å². The van der Waals surface area contributed by atoms with E-state index in [1.54, 1.807) is 11.6 Å². The zero-order valence-corrected chi connectivity index (χ0v) is 11.1. The van der Waals surface area contributed by atoms with Crippen molar-refractivity contribution < 1.29 is 0 Å². The van der Waals surface area contributed by atoms with Crippen LogP contribution in [0.1, 0.15) is 12.8 Å². The summed E-state index contributed by atoms with van der Waals surface area (Å²) < 4.78 is 2.38. The molecule has 2 N–H and O–H groups in total. The van der Waals surface area contributed by atoms with E-state index < -0.39 is 0 Å². The highest BCUT2D eigenvalue weighted by Crippen LogP contribution is 2.20. The average Bonchev–Trinajstić information content (AvgIpc) is 2.83. The predicted octanol–water partition coefficient (Wildman–Crippen LogP) is 0.922. The van der Waals surface area contributed by atoms with Crippen LogP contribution in [0, 0.1) is 0 Å². The van der Waals surface area contributed by atoms with Crippen molar-refractivity contribution in [3.8, 4) is 0 Å². The lowest BCUT2D eigenvalue weighted by molar-refractivity contribution is 0.490. The third kappa shape index (κ3) is 1.81. The van der Waals surface area contributed by atoms with E-state index in [1.165, 1.54) is 11.3 Å². The largest absolute Gasteiger partial charge is 0.342 e. The van der Waals surface area contributed by atoms with Crippen LogP contribution in [-0.2, 0) is 7.05 Å². The Hall–Kier alpha value is -1.40. The van der Waals surface area contributed by atoms with E-state index in [0.29, 0.717) is 0 Å². The Morgan fingerprint density at radius 1 is 1.44 bits per heavy atom. The number of aromatic nitrogens is 2. The Bertz CT molecular complexity index is 625. The van der Waals surface area contributed by atoms with Gasteiger partial charge in [0.15, 0.2) is 0 Å². The Labute approximate surface area is 109 Å². The van der Waals surface area contributed by atoms with Gasteiger partial charge in [0.2, 0.25) is 5.95 Å². The van der Waals surface area contributed by atoms with E-state index in [9.17, 15) is 4.79 Å². The summed E-state index contributed by atoms with van der Waals surface area (Å²) >= 11 is 1.45. The van der Waals surface area contributed by atoms with Gasteiger partial charge < -0.3 is 10.6 Å². The van der Waals surface area contributed by atoms with Crippen LogP contribution < -0.4 is 16.2 Å². The number of anilines is 1. The van der Waals surface area contributed by atoms with Gasteiger partial charge >= 0.3 is 0 Å². The van der Waals surface area contributed by atoms with Gasteiger partial charge in [-0.2, -0.15) is 0 Å². The van der Waals surface area contributed by atoms with E-state index >= 15 is 0 Å². The maximum atomic E-state index is 12.2. The molecule has 2 aromatic heterocycles. The zero-order chi connectivity index (χ0) is 12.7. The molecule has 0 atom stereocenters. The average molecular weight is 264 g/mol. The van der Waals surface area contributed by atoms with Gasteiger partial charge in [0.05, 0.1) is 5.52 Å². The van der Waals surface area contributed by atoms with E-state index in [0.717, 1.165) is 42.1 Å². The smallest absolute Gasteiger partial charge is 0.272 e. The number of fused-ring (bicyclic) bond motifs is 1. The highest BCUT2D eigenvalue weighted by Gasteiger charge is 2.20. The van der Waals surface area contributed by atoms with Crippen LogP contribution in [0.3, 0.4) is 0 Å². The fourth-order valence-corrected chi connectivity index (χ4v) is 3.16. The second-order valence-corrected chi connectivity index (χ2v) is 5.65. The second kappa shape index (κ2) is 4.37. The van der Waals surface area contributed by atoms with Crippen molar-refractivity contribution in [3.05, 3.63) is 21.8 Å². The third-order valence-electron chi connectivity index (χ3n) is 3.49. The summed E-state index contributed by atoms with van der Waals surface area (Å²) in [5.74, 6) is 0.762. The normalized spacial score (nSPS) is 17.6. The lowest BCUT2D eigenvalue weighted by atomic mass is 10.1.